The predicted octanol–water partition coefficient (Wildman–Crippen LogP) is 2.52. The molecule has 0 amide bonds. The Balaban J connectivity index is 0.000000187. The van der Waals surface area contributed by atoms with Crippen LogP contribution in [0.2, 0.25) is 0 Å². The Labute approximate surface area is 61.6 Å². The van der Waals surface area contributed by atoms with Gasteiger partial charge in [0.1, 0.15) is 0 Å². The molecule has 0 aliphatic heterocycles. The van der Waals surface area contributed by atoms with E-state index in [1.54, 1.807) is 0 Å². The third-order valence-corrected chi connectivity index (χ3v) is 0.667. The second kappa shape index (κ2) is 7.70. The molecule has 0 heterocycles. The molecule has 0 saturated carbocycles. The molecule has 3 heteroatoms. The summed E-state index contributed by atoms with van der Waals surface area (Å²) in [5.74, 6) is 0. The van der Waals surface area contributed by atoms with Crippen LogP contribution in [0.1, 0.15) is 0 Å². The molecule has 0 nitrogen and oxygen atoms in total. The Morgan fingerprint density at radius 1 is 0.667 bits per heavy atom. The first kappa shape index (κ1) is 8.70. The van der Waals surface area contributed by atoms with Gasteiger partial charge in [0.2, 0.25) is 0 Å². The normalized spacial score (nSPS) is 6.44. The van der Waals surface area contributed by atoms with E-state index in [1.807, 2.05) is 36.4 Å². The van der Waals surface area contributed by atoms with Gasteiger partial charge in [-0.1, -0.05) is 36.4 Å². The van der Waals surface area contributed by atoms with Gasteiger partial charge in [0.05, 0.1) is 0 Å². The summed E-state index contributed by atoms with van der Waals surface area (Å²) in [4.78, 5) is 0. The zero-order valence-electron chi connectivity index (χ0n) is 4.93. The van der Waals surface area contributed by atoms with Gasteiger partial charge in [-0.2, -0.15) is 0 Å². The quantitative estimate of drug-likeness (QED) is 0.540. The minimum Gasteiger partial charge on any atom is -0.0623 e. The van der Waals surface area contributed by atoms with Crippen molar-refractivity contribution >= 4 is 0 Å². The average Bonchev–Trinajstić information content (AvgIpc) is 1.93. The summed E-state index contributed by atoms with van der Waals surface area (Å²) in [5.41, 5.74) is 0. The number of benzene rings is 1. The van der Waals surface area contributed by atoms with E-state index < -0.39 is 18.1 Å². The van der Waals surface area contributed by atoms with Crippen LogP contribution in [0.5, 0.6) is 0 Å². The molecule has 0 aromatic heterocycles. The molecule has 46 valence electrons. The van der Waals surface area contributed by atoms with Crippen molar-refractivity contribution in [1.29, 1.82) is 0 Å². The fraction of sp³-hybridized carbons (Fsp3) is 0. The summed E-state index contributed by atoms with van der Waals surface area (Å²) in [6.45, 7) is 0. The van der Waals surface area contributed by atoms with Crippen molar-refractivity contribution < 1.29 is 24.8 Å². The number of rotatable bonds is 0. The first-order valence-corrected chi connectivity index (χ1v) is 4.78. The third kappa shape index (κ3) is 7.70. The molecular formula is C6H6F2Zn. The van der Waals surface area contributed by atoms with Crippen molar-refractivity contribution in [3.63, 3.8) is 0 Å². The van der Waals surface area contributed by atoms with Gasteiger partial charge in [0, 0.05) is 0 Å². The second-order valence-corrected chi connectivity index (χ2v) is 1.68. The Morgan fingerprint density at radius 2 is 0.778 bits per heavy atom. The standard InChI is InChI=1S/C6H6.2FH.Zn/c1-2-4-6-5-3-1;;;/h1-6H;2*1H;/q;;;+2/p-2. The van der Waals surface area contributed by atoms with Gasteiger partial charge in [0.25, 0.3) is 0 Å². The van der Waals surface area contributed by atoms with Crippen LogP contribution >= 0.6 is 0 Å². The van der Waals surface area contributed by atoms with E-state index in [2.05, 4.69) is 0 Å². The molecule has 9 heavy (non-hydrogen) atoms. The zero-order chi connectivity index (χ0) is 6.95. The maximum atomic E-state index is 9.81. The topological polar surface area (TPSA) is 0 Å². The van der Waals surface area contributed by atoms with Crippen molar-refractivity contribution in [2.24, 2.45) is 0 Å². The zero-order valence-corrected chi connectivity index (χ0v) is 7.89. The molecule has 0 spiro atoms. The minimum absolute atomic E-state index is 2.00. The Kier molecular flexibility index (Phi) is 7.45. The van der Waals surface area contributed by atoms with Crippen LogP contribution in [-0.4, -0.2) is 0 Å². The fourth-order valence-corrected chi connectivity index (χ4v) is 0.385. The monoisotopic (exact) mass is 180 g/mol. The van der Waals surface area contributed by atoms with Crippen molar-refractivity contribution in [3.05, 3.63) is 36.4 Å². The van der Waals surface area contributed by atoms with Crippen LogP contribution in [0, 0.1) is 0 Å². The Morgan fingerprint density at radius 3 is 0.889 bits per heavy atom. The van der Waals surface area contributed by atoms with Gasteiger partial charge in [-0.25, -0.2) is 0 Å². The van der Waals surface area contributed by atoms with Gasteiger partial charge < -0.3 is 0 Å². The van der Waals surface area contributed by atoms with E-state index >= 15 is 0 Å². The minimum atomic E-state index is -2.88. The Hall–Kier alpha value is -0.297. The molecule has 0 fully saturated rings. The number of halogens is 2. The second-order valence-electron chi connectivity index (χ2n) is 1.26. The van der Waals surface area contributed by atoms with Crippen LogP contribution in [-0.2, 0) is 18.1 Å². The third-order valence-electron chi connectivity index (χ3n) is 0.667. The Bertz CT molecular complexity index is 93.9. The summed E-state index contributed by atoms with van der Waals surface area (Å²) in [7, 11) is 0. The summed E-state index contributed by atoms with van der Waals surface area (Å²) < 4.78 is 19.6. The first-order chi connectivity index (χ1) is 4.41. The molecule has 0 radical (unpaired) electrons. The van der Waals surface area contributed by atoms with Gasteiger partial charge in [-0.15, -0.1) is 0 Å². The van der Waals surface area contributed by atoms with E-state index in [9.17, 15) is 6.63 Å². The van der Waals surface area contributed by atoms with E-state index in [0.29, 0.717) is 0 Å². The maximum Gasteiger partial charge on any atom is -0.0623 e. The van der Waals surface area contributed by atoms with Crippen LogP contribution < -0.4 is 0 Å². The molecular weight excluding hydrogens is 175 g/mol. The molecule has 1 rings (SSSR count). The molecule has 0 aliphatic carbocycles. The van der Waals surface area contributed by atoms with Gasteiger partial charge in [-0.05, 0) is 0 Å². The fourth-order valence-electron chi connectivity index (χ4n) is 0.385. The SMILES string of the molecule is [F][Zn][F].c1ccccc1. The molecule has 0 N–H and O–H groups in total. The molecule has 1 aromatic carbocycles. The van der Waals surface area contributed by atoms with Crippen molar-refractivity contribution in [2.75, 3.05) is 0 Å². The predicted molar refractivity (Wildman–Crippen MR) is 28.7 cm³/mol. The van der Waals surface area contributed by atoms with Gasteiger partial charge in [-0.3, -0.25) is 0 Å². The summed E-state index contributed by atoms with van der Waals surface area (Å²) in [6.07, 6.45) is 0. The van der Waals surface area contributed by atoms with E-state index in [1.165, 1.54) is 0 Å². The summed E-state index contributed by atoms with van der Waals surface area (Å²) >= 11 is -2.88. The molecule has 1 aromatic rings. The van der Waals surface area contributed by atoms with E-state index in [-0.39, 0.29) is 0 Å². The van der Waals surface area contributed by atoms with Crippen LogP contribution in [0.4, 0.5) is 6.63 Å². The molecule has 0 atom stereocenters. The van der Waals surface area contributed by atoms with Crippen molar-refractivity contribution in [3.8, 4) is 0 Å². The average molecular weight is 182 g/mol. The first-order valence-electron chi connectivity index (χ1n) is 2.53. The van der Waals surface area contributed by atoms with Crippen LogP contribution in [0.15, 0.2) is 36.4 Å². The smallest absolute Gasteiger partial charge is 0.0623 e. The van der Waals surface area contributed by atoms with E-state index in [0.717, 1.165) is 0 Å². The molecule has 0 bridgehead atoms. The molecule has 0 saturated heterocycles. The van der Waals surface area contributed by atoms with E-state index in [4.69, 9.17) is 0 Å². The summed E-state index contributed by atoms with van der Waals surface area (Å²) in [5, 5.41) is 0. The van der Waals surface area contributed by atoms with Gasteiger partial charge >= 0.3 is 24.8 Å². The summed E-state index contributed by atoms with van der Waals surface area (Å²) in [6, 6.07) is 12.0. The molecule has 0 unspecified atom stereocenters. The molecule has 0 aliphatic rings. The largest absolute Gasteiger partial charge is 0.0623 e. The van der Waals surface area contributed by atoms with Gasteiger partial charge in [0.15, 0.2) is 0 Å². The number of hydrogen-bond acceptors (Lipinski definition) is 0. The van der Waals surface area contributed by atoms with Crippen molar-refractivity contribution in [2.45, 2.75) is 0 Å². The number of hydrogen-bond donors (Lipinski definition) is 0. The maximum absolute atomic E-state index is 9.81. The van der Waals surface area contributed by atoms with Crippen LogP contribution in [0.25, 0.3) is 0 Å². The van der Waals surface area contributed by atoms with Crippen molar-refractivity contribution in [1.82, 2.24) is 0 Å². The van der Waals surface area contributed by atoms with Crippen LogP contribution in [0.3, 0.4) is 0 Å².